The van der Waals surface area contributed by atoms with E-state index in [1.807, 2.05) is 18.2 Å². The summed E-state index contributed by atoms with van der Waals surface area (Å²) in [7, 11) is 0. The smallest absolute Gasteiger partial charge is 0.241 e. The van der Waals surface area contributed by atoms with Crippen molar-refractivity contribution < 1.29 is 4.79 Å². The van der Waals surface area contributed by atoms with Crippen LogP contribution in [0.5, 0.6) is 0 Å². The van der Waals surface area contributed by atoms with Crippen molar-refractivity contribution >= 4 is 22.5 Å². The van der Waals surface area contributed by atoms with E-state index in [1.165, 1.54) is 0 Å². The second kappa shape index (κ2) is 3.70. The van der Waals surface area contributed by atoms with Gasteiger partial charge in [0.1, 0.15) is 0 Å². The lowest BCUT2D eigenvalue weighted by Crippen LogP contribution is -2.32. The summed E-state index contributed by atoms with van der Waals surface area (Å²) in [5.74, 6) is -0.205. The second-order valence-corrected chi connectivity index (χ2v) is 3.41. The summed E-state index contributed by atoms with van der Waals surface area (Å²) >= 11 is 0. The van der Waals surface area contributed by atoms with Crippen LogP contribution < -0.4 is 11.1 Å². The molecule has 0 saturated carbocycles. The normalized spacial score (nSPS) is 12.7. The number of rotatable bonds is 2. The molecule has 15 heavy (non-hydrogen) atoms. The van der Waals surface area contributed by atoms with Crippen LogP contribution in [-0.4, -0.2) is 22.1 Å². The Bertz CT molecular complexity index is 489. The minimum atomic E-state index is -0.521. The number of aromatic amines is 1. The SMILES string of the molecule is C[C@@H](N)C(=O)Nc1cccc2[nH]ncc12. The van der Waals surface area contributed by atoms with Crippen LogP contribution in [0.15, 0.2) is 24.4 Å². The average molecular weight is 204 g/mol. The predicted molar refractivity (Wildman–Crippen MR) is 58.4 cm³/mol. The summed E-state index contributed by atoms with van der Waals surface area (Å²) < 4.78 is 0. The molecule has 1 aromatic carbocycles. The van der Waals surface area contributed by atoms with E-state index in [0.29, 0.717) is 0 Å². The molecule has 4 N–H and O–H groups in total. The van der Waals surface area contributed by atoms with Crippen molar-refractivity contribution in [1.29, 1.82) is 0 Å². The number of carbonyl (C=O) groups excluding carboxylic acids is 1. The highest BCUT2D eigenvalue weighted by Gasteiger charge is 2.09. The lowest BCUT2D eigenvalue weighted by molar-refractivity contribution is -0.117. The molecule has 0 fully saturated rings. The van der Waals surface area contributed by atoms with Gasteiger partial charge in [-0.3, -0.25) is 9.89 Å². The number of aromatic nitrogens is 2. The first kappa shape index (κ1) is 9.67. The fraction of sp³-hybridized carbons (Fsp3) is 0.200. The summed E-state index contributed by atoms with van der Waals surface area (Å²) in [5, 5.41) is 10.4. The van der Waals surface area contributed by atoms with E-state index in [0.717, 1.165) is 16.6 Å². The van der Waals surface area contributed by atoms with Crippen LogP contribution in [0, 0.1) is 0 Å². The third-order valence-electron chi connectivity index (χ3n) is 2.16. The lowest BCUT2D eigenvalue weighted by atomic mass is 10.2. The Labute approximate surface area is 86.7 Å². The first-order chi connectivity index (χ1) is 7.18. The predicted octanol–water partition coefficient (Wildman–Crippen LogP) is 0.849. The van der Waals surface area contributed by atoms with Gasteiger partial charge >= 0.3 is 0 Å². The van der Waals surface area contributed by atoms with Gasteiger partial charge in [-0.1, -0.05) is 6.07 Å². The standard InChI is InChI=1S/C10H12N4O/c1-6(11)10(15)13-8-3-2-4-9-7(8)5-12-14-9/h2-6H,11H2,1H3,(H,12,14)(H,13,15)/t6-/m1/s1. The molecule has 1 aromatic heterocycles. The minimum absolute atomic E-state index is 0.205. The van der Waals surface area contributed by atoms with Gasteiger partial charge in [0.15, 0.2) is 0 Å². The number of nitrogens with two attached hydrogens (primary N) is 1. The Balaban J connectivity index is 2.35. The third-order valence-corrected chi connectivity index (χ3v) is 2.16. The second-order valence-electron chi connectivity index (χ2n) is 3.41. The minimum Gasteiger partial charge on any atom is -0.324 e. The number of benzene rings is 1. The first-order valence-electron chi connectivity index (χ1n) is 4.67. The van der Waals surface area contributed by atoms with Crippen LogP contribution in [0.25, 0.3) is 10.9 Å². The van der Waals surface area contributed by atoms with Gasteiger partial charge in [0.05, 0.1) is 23.4 Å². The Hall–Kier alpha value is -1.88. The van der Waals surface area contributed by atoms with E-state index in [2.05, 4.69) is 15.5 Å². The largest absolute Gasteiger partial charge is 0.324 e. The molecule has 0 radical (unpaired) electrons. The molecular formula is C10H12N4O. The van der Waals surface area contributed by atoms with Crippen molar-refractivity contribution in [3.63, 3.8) is 0 Å². The summed E-state index contributed by atoms with van der Waals surface area (Å²) in [6.07, 6.45) is 1.67. The van der Waals surface area contributed by atoms with E-state index in [9.17, 15) is 4.79 Å². The van der Waals surface area contributed by atoms with Gasteiger partial charge in [-0.25, -0.2) is 0 Å². The van der Waals surface area contributed by atoms with E-state index in [4.69, 9.17) is 5.73 Å². The number of amides is 1. The topological polar surface area (TPSA) is 83.8 Å². The van der Waals surface area contributed by atoms with Crippen LogP contribution in [0.1, 0.15) is 6.92 Å². The fourth-order valence-corrected chi connectivity index (χ4v) is 1.32. The maximum atomic E-state index is 11.4. The molecule has 5 nitrogen and oxygen atoms in total. The van der Waals surface area contributed by atoms with Gasteiger partial charge in [0.2, 0.25) is 5.91 Å². The number of nitrogens with zero attached hydrogens (tertiary/aromatic N) is 1. The maximum absolute atomic E-state index is 11.4. The zero-order chi connectivity index (χ0) is 10.8. The summed E-state index contributed by atoms with van der Waals surface area (Å²) in [5.41, 5.74) is 7.08. The molecule has 1 atom stereocenters. The highest BCUT2D eigenvalue weighted by Crippen LogP contribution is 2.20. The highest BCUT2D eigenvalue weighted by atomic mass is 16.2. The summed E-state index contributed by atoms with van der Waals surface area (Å²) in [6, 6.07) is 5.03. The molecule has 0 unspecified atom stereocenters. The van der Waals surface area contributed by atoms with Gasteiger partial charge < -0.3 is 11.1 Å². The third kappa shape index (κ3) is 1.82. The zero-order valence-corrected chi connectivity index (χ0v) is 8.32. The number of hydrogen-bond donors (Lipinski definition) is 3. The molecule has 1 heterocycles. The van der Waals surface area contributed by atoms with Crippen LogP contribution in [0.3, 0.4) is 0 Å². The molecule has 0 bridgehead atoms. The first-order valence-corrected chi connectivity index (χ1v) is 4.67. The van der Waals surface area contributed by atoms with Gasteiger partial charge in [-0.2, -0.15) is 5.10 Å². The maximum Gasteiger partial charge on any atom is 0.241 e. The van der Waals surface area contributed by atoms with Crippen molar-refractivity contribution in [2.75, 3.05) is 5.32 Å². The number of nitrogens with one attached hydrogen (secondary N) is 2. The van der Waals surface area contributed by atoms with Crippen molar-refractivity contribution in [3.05, 3.63) is 24.4 Å². The van der Waals surface area contributed by atoms with Crippen molar-refractivity contribution in [2.45, 2.75) is 13.0 Å². The molecule has 2 aromatic rings. The molecule has 0 aliphatic heterocycles. The number of fused-ring (bicyclic) bond motifs is 1. The van der Waals surface area contributed by atoms with Gasteiger partial charge in [-0.15, -0.1) is 0 Å². The molecule has 2 rings (SSSR count). The molecule has 0 spiro atoms. The van der Waals surface area contributed by atoms with Crippen molar-refractivity contribution in [1.82, 2.24) is 10.2 Å². The van der Waals surface area contributed by atoms with E-state index in [-0.39, 0.29) is 5.91 Å². The van der Waals surface area contributed by atoms with Gasteiger partial charge in [0, 0.05) is 5.39 Å². The molecule has 0 aliphatic carbocycles. The summed E-state index contributed by atoms with van der Waals surface area (Å²) in [6.45, 7) is 1.64. The van der Waals surface area contributed by atoms with Crippen LogP contribution in [0.4, 0.5) is 5.69 Å². The Morgan fingerprint density at radius 2 is 2.40 bits per heavy atom. The lowest BCUT2D eigenvalue weighted by Gasteiger charge is -2.08. The molecule has 0 aliphatic rings. The molecule has 0 saturated heterocycles. The highest BCUT2D eigenvalue weighted by molar-refractivity contribution is 6.02. The van der Waals surface area contributed by atoms with E-state index < -0.39 is 6.04 Å². The van der Waals surface area contributed by atoms with E-state index in [1.54, 1.807) is 13.1 Å². The van der Waals surface area contributed by atoms with Crippen molar-refractivity contribution in [3.8, 4) is 0 Å². The summed E-state index contributed by atoms with van der Waals surface area (Å²) in [4.78, 5) is 11.4. The Morgan fingerprint density at radius 3 is 3.13 bits per heavy atom. The molecule has 5 heteroatoms. The van der Waals surface area contributed by atoms with Gasteiger partial charge in [-0.05, 0) is 19.1 Å². The van der Waals surface area contributed by atoms with Crippen LogP contribution in [-0.2, 0) is 4.79 Å². The number of hydrogen-bond acceptors (Lipinski definition) is 3. The van der Waals surface area contributed by atoms with Crippen molar-refractivity contribution in [2.24, 2.45) is 5.73 Å². The fourth-order valence-electron chi connectivity index (χ4n) is 1.32. The average Bonchev–Trinajstić information content (AvgIpc) is 2.66. The quantitative estimate of drug-likeness (QED) is 0.678. The molecule has 78 valence electrons. The molecule has 1 amide bonds. The zero-order valence-electron chi connectivity index (χ0n) is 8.32. The number of anilines is 1. The van der Waals surface area contributed by atoms with Gasteiger partial charge in [0.25, 0.3) is 0 Å². The Kier molecular flexibility index (Phi) is 2.39. The number of H-pyrrole nitrogens is 1. The van der Waals surface area contributed by atoms with Crippen LogP contribution in [0.2, 0.25) is 0 Å². The monoisotopic (exact) mass is 204 g/mol. The van der Waals surface area contributed by atoms with E-state index >= 15 is 0 Å². The molecular weight excluding hydrogens is 192 g/mol. The van der Waals surface area contributed by atoms with Crippen LogP contribution >= 0.6 is 0 Å². The number of carbonyl (C=O) groups is 1. The Morgan fingerprint density at radius 1 is 1.60 bits per heavy atom.